The van der Waals surface area contributed by atoms with Crippen molar-refractivity contribution < 1.29 is 10.2 Å². The minimum Gasteiger partial charge on any atom is -0.394 e. The number of hydrogen-bond donors (Lipinski definition) is 3. The average molecular weight is 222 g/mol. The van der Waals surface area contributed by atoms with E-state index in [1.165, 1.54) is 4.57 Å². The van der Waals surface area contributed by atoms with Crippen molar-refractivity contribution in [2.45, 2.75) is 19.6 Å². The van der Waals surface area contributed by atoms with E-state index < -0.39 is 6.10 Å². The molecule has 0 bridgehead atoms. The highest BCUT2D eigenvalue weighted by Crippen LogP contribution is 2.12. The lowest BCUT2D eigenvalue weighted by atomic mass is 10.2. The van der Waals surface area contributed by atoms with Crippen LogP contribution in [0.5, 0.6) is 0 Å². The number of H-pyrrole nitrogens is 1. The lowest BCUT2D eigenvalue weighted by molar-refractivity contribution is 0.0814. The third-order valence-electron chi connectivity index (χ3n) is 2.53. The molecule has 1 atom stereocenters. The molecule has 1 aromatic carbocycles. The van der Waals surface area contributed by atoms with Gasteiger partial charge in [0.2, 0.25) is 0 Å². The Balaban J connectivity index is 2.52. The van der Waals surface area contributed by atoms with Gasteiger partial charge in [-0.25, -0.2) is 4.79 Å². The van der Waals surface area contributed by atoms with Crippen LogP contribution in [0.1, 0.15) is 5.56 Å². The third kappa shape index (κ3) is 1.87. The van der Waals surface area contributed by atoms with E-state index in [0.29, 0.717) is 0 Å². The van der Waals surface area contributed by atoms with Crippen LogP contribution in [0.2, 0.25) is 0 Å². The zero-order valence-electron chi connectivity index (χ0n) is 8.97. The molecule has 1 aromatic heterocycles. The number of rotatable bonds is 3. The van der Waals surface area contributed by atoms with Crippen LogP contribution < -0.4 is 5.69 Å². The van der Waals surface area contributed by atoms with Crippen molar-refractivity contribution >= 4 is 11.0 Å². The van der Waals surface area contributed by atoms with Gasteiger partial charge in [-0.1, -0.05) is 6.07 Å². The van der Waals surface area contributed by atoms with Crippen molar-refractivity contribution in [2.24, 2.45) is 0 Å². The highest BCUT2D eigenvalue weighted by Gasteiger charge is 2.10. The molecule has 2 aromatic rings. The molecule has 0 saturated carbocycles. The van der Waals surface area contributed by atoms with Gasteiger partial charge in [-0.15, -0.1) is 0 Å². The number of nitrogens with zero attached hydrogens (tertiary/aromatic N) is 1. The van der Waals surface area contributed by atoms with Crippen LogP contribution in [0.3, 0.4) is 0 Å². The van der Waals surface area contributed by atoms with Gasteiger partial charge in [0.25, 0.3) is 0 Å². The van der Waals surface area contributed by atoms with Gasteiger partial charge in [-0.3, -0.25) is 4.57 Å². The van der Waals surface area contributed by atoms with Crippen LogP contribution in [0, 0.1) is 6.92 Å². The molecule has 0 spiro atoms. The fourth-order valence-electron chi connectivity index (χ4n) is 1.73. The second kappa shape index (κ2) is 4.11. The van der Waals surface area contributed by atoms with E-state index in [0.717, 1.165) is 16.6 Å². The monoisotopic (exact) mass is 222 g/mol. The molecule has 0 aliphatic carbocycles. The third-order valence-corrected chi connectivity index (χ3v) is 2.53. The first kappa shape index (κ1) is 10.9. The first-order chi connectivity index (χ1) is 7.61. The molecular formula is C11H14N2O3. The van der Waals surface area contributed by atoms with Crippen LogP contribution >= 0.6 is 0 Å². The van der Waals surface area contributed by atoms with Crippen LogP contribution in [0.15, 0.2) is 23.0 Å². The number of benzene rings is 1. The van der Waals surface area contributed by atoms with E-state index in [1.807, 2.05) is 25.1 Å². The first-order valence-corrected chi connectivity index (χ1v) is 5.10. The standard InChI is InChI=1S/C11H14N2O3/c1-7-2-3-10-9(4-7)12-11(16)13(10)5-8(15)6-14/h2-4,8,14-15H,5-6H2,1H3,(H,12,16). The van der Waals surface area contributed by atoms with E-state index in [2.05, 4.69) is 4.98 Å². The number of nitrogens with one attached hydrogen (secondary N) is 1. The number of aliphatic hydroxyl groups is 2. The quantitative estimate of drug-likeness (QED) is 0.683. The first-order valence-electron chi connectivity index (χ1n) is 5.10. The zero-order chi connectivity index (χ0) is 11.7. The second-order valence-corrected chi connectivity index (χ2v) is 3.90. The van der Waals surface area contributed by atoms with E-state index >= 15 is 0 Å². The summed E-state index contributed by atoms with van der Waals surface area (Å²) < 4.78 is 1.43. The molecule has 0 radical (unpaired) electrons. The van der Waals surface area contributed by atoms with Crippen molar-refractivity contribution in [2.75, 3.05) is 6.61 Å². The summed E-state index contributed by atoms with van der Waals surface area (Å²) in [6, 6.07) is 5.60. The SMILES string of the molecule is Cc1ccc2c(c1)[nH]c(=O)n2CC(O)CO. The molecule has 1 heterocycles. The summed E-state index contributed by atoms with van der Waals surface area (Å²) in [4.78, 5) is 14.3. The Hall–Kier alpha value is -1.59. The van der Waals surface area contributed by atoms with Crippen LogP contribution in [-0.2, 0) is 6.54 Å². The molecule has 0 saturated heterocycles. The van der Waals surface area contributed by atoms with Crippen molar-refractivity contribution in [3.05, 3.63) is 34.2 Å². The van der Waals surface area contributed by atoms with Gasteiger partial charge < -0.3 is 15.2 Å². The lowest BCUT2D eigenvalue weighted by Crippen LogP contribution is -2.26. The molecule has 3 N–H and O–H groups in total. The van der Waals surface area contributed by atoms with Gasteiger partial charge in [-0.05, 0) is 24.6 Å². The van der Waals surface area contributed by atoms with Gasteiger partial charge >= 0.3 is 5.69 Å². The number of aromatic nitrogens is 2. The summed E-state index contributed by atoms with van der Waals surface area (Å²) >= 11 is 0. The van der Waals surface area contributed by atoms with Crippen molar-refractivity contribution in [3.8, 4) is 0 Å². The Kier molecular flexibility index (Phi) is 2.80. The fourth-order valence-corrected chi connectivity index (χ4v) is 1.73. The fraction of sp³-hybridized carbons (Fsp3) is 0.364. The second-order valence-electron chi connectivity index (χ2n) is 3.90. The topological polar surface area (TPSA) is 78.2 Å². The number of aromatic amines is 1. The number of aryl methyl sites for hydroxylation is 1. The maximum absolute atomic E-state index is 11.6. The number of hydrogen-bond acceptors (Lipinski definition) is 3. The molecule has 5 heteroatoms. The summed E-state index contributed by atoms with van der Waals surface area (Å²) in [7, 11) is 0. The molecule has 0 aliphatic rings. The molecule has 5 nitrogen and oxygen atoms in total. The number of aliphatic hydroxyl groups excluding tert-OH is 2. The van der Waals surface area contributed by atoms with Crippen molar-refractivity contribution in [1.82, 2.24) is 9.55 Å². The van der Waals surface area contributed by atoms with Gasteiger partial charge in [0.1, 0.15) is 0 Å². The molecule has 1 unspecified atom stereocenters. The van der Waals surface area contributed by atoms with Gasteiger partial charge in [0.05, 0.1) is 30.3 Å². The molecular weight excluding hydrogens is 208 g/mol. The highest BCUT2D eigenvalue weighted by molar-refractivity contribution is 5.75. The maximum atomic E-state index is 11.6. The zero-order valence-corrected chi connectivity index (χ0v) is 8.97. The van der Waals surface area contributed by atoms with Gasteiger partial charge in [0, 0.05) is 0 Å². The van der Waals surface area contributed by atoms with Crippen LogP contribution in [-0.4, -0.2) is 32.5 Å². The van der Waals surface area contributed by atoms with Crippen molar-refractivity contribution in [3.63, 3.8) is 0 Å². The smallest absolute Gasteiger partial charge is 0.326 e. The van der Waals surface area contributed by atoms with Crippen molar-refractivity contribution in [1.29, 1.82) is 0 Å². The molecule has 16 heavy (non-hydrogen) atoms. The van der Waals surface area contributed by atoms with E-state index in [4.69, 9.17) is 5.11 Å². The number of fused-ring (bicyclic) bond motifs is 1. The summed E-state index contributed by atoms with van der Waals surface area (Å²) in [5, 5.41) is 18.1. The van der Waals surface area contributed by atoms with Gasteiger partial charge in [-0.2, -0.15) is 0 Å². The summed E-state index contributed by atoms with van der Waals surface area (Å²) in [6.45, 7) is 1.68. The highest BCUT2D eigenvalue weighted by atomic mass is 16.3. The van der Waals surface area contributed by atoms with E-state index in [9.17, 15) is 9.90 Å². The molecule has 86 valence electrons. The molecule has 2 rings (SSSR count). The predicted octanol–water partition coefficient (Wildman–Crippen LogP) is -0.00878. The Bertz CT molecular complexity index is 556. The minimum atomic E-state index is -0.919. The Morgan fingerprint density at radius 2 is 2.25 bits per heavy atom. The largest absolute Gasteiger partial charge is 0.394 e. The Morgan fingerprint density at radius 1 is 1.50 bits per heavy atom. The summed E-state index contributed by atoms with van der Waals surface area (Å²) in [5.74, 6) is 0. The average Bonchev–Trinajstić information content (AvgIpc) is 2.54. The number of imidazole rings is 1. The predicted molar refractivity (Wildman–Crippen MR) is 60.4 cm³/mol. The summed E-state index contributed by atoms with van der Waals surface area (Å²) in [6.07, 6.45) is -0.919. The minimum absolute atomic E-state index is 0.0956. The lowest BCUT2D eigenvalue weighted by Gasteiger charge is -2.07. The molecule has 0 fully saturated rings. The Morgan fingerprint density at radius 3 is 2.94 bits per heavy atom. The van der Waals surface area contributed by atoms with Crippen LogP contribution in [0.4, 0.5) is 0 Å². The van der Waals surface area contributed by atoms with Gasteiger partial charge in [0.15, 0.2) is 0 Å². The molecule has 0 amide bonds. The Labute approximate surface area is 92.0 Å². The van der Waals surface area contributed by atoms with Crippen LogP contribution in [0.25, 0.3) is 11.0 Å². The van der Waals surface area contributed by atoms with E-state index in [-0.39, 0.29) is 18.8 Å². The molecule has 0 aliphatic heterocycles. The maximum Gasteiger partial charge on any atom is 0.326 e. The summed E-state index contributed by atoms with van der Waals surface area (Å²) in [5.41, 5.74) is 2.27. The van der Waals surface area contributed by atoms with E-state index in [1.54, 1.807) is 0 Å². The normalized spacial score (nSPS) is 13.2.